The minimum atomic E-state index is 0.395. The lowest BCUT2D eigenvalue weighted by Gasteiger charge is -2.35. The summed E-state index contributed by atoms with van der Waals surface area (Å²) in [5, 5.41) is 12.6. The van der Waals surface area contributed by atoms with E-state index in [0.29, 0.717) is 17.0 Å². The maximum Gasteiger partial charge on any atom is 0.144 e. The second kappa shape index (κ2) is 4.97. The van der Waals surface area contributed by atoms with E-state index in [1.165, 1.54) is 19.3 Å². The SMILES string of the molecule is Cc1ccc(C#N)c(NC2CCCC(C)(C)C2)n1. The largest absolute Gasteiger partial charge is 0.366 e. The van der Waals surface area contributed by atoms with Crippen molar-refractivity contribution in [2.75, 3.05) is 5.32 Å². The zero-order valence-electron chi connectivity index (χ0n) is 11.5. The number of rotatable bonds is 2. The molecule has 1 fully saturated rings. The first kappa shape index (κ1) is 12.9. The molecule has 1 saturated carbocycles. The number of pyridine rings is 1. The summed E-state index contributed by atoms with van der Waals surface area (Å²) in [6, 6.07) is 6.38. The first-order valence-corrected chi connectivity index (χ1v) is 6.64. The van der Waals surface area contributed by atoms with Crippen LogP contribution in [0.2, 0.25) is 0 Å². The molecule has 3 nitrogen and oxygen atoms in total. The molecule has 0 bridgehead atoms. The molecule has 3 heteroatoms. The second-order valence-electron chi connectivity index (χ2n) is 6.06. The average Bonchev–Trinajstić information content (AvgIpc) is 2.28. The van der Waals surface area contributed by atoms with Gasteiger partial charge in [-0.25, -0.2) is 4.98 Å². The molecule has 1 unspecified atom stereocenters. The Balaban J connectivity index is 2.14. The Morgan fingerprint density at radius 2 is 2.22 bits per heavy atom. The number of anilines is 1. The Morgan fingerprint density at radius 3 is 2.89 bits per heavy atom. The van der Waals surface area contributed by atoms with Crippen molar-refractivity contribution in [3.05, 3.63) is 23.4 Å². The van der Waals surface area contributed by atoms with Crippen molar-refractivity contribution in [1.29, 1.82) is 5.26 Å². The number of aryl methyl sites for hydroxylation is 1. The molecule has 0 amide bonds. The van der Waals surface area contributed by atoms with Crippen LogP contribution in [0.5, 0.6) is 0 Å². The van der Waals surface area contributed by atoms with Crippen LogP contribution >= 0.6 is 0 Å². The lowest BCUT2D eigenvalue weighted by molar-refractivity contribution is 0.229. The summed E-state index contributed by atoms with van der Waals surface area (Å²) in [5.74, 6) is 0.750. The van der Waals surface area contributed by atoms with Crippen molar-refractivity contribution in [2.24, 2.45) is 5.41 Å². The van der Waals surface area contributed by atoms with E-state index in [-0.39, 0.29) is 0 Å². The van der Waals surface area contributed by atoms with Gasteiger partial charge in [0.05, 0.1) is 5.56 Å². The minimum Gasteiger partial charge on any atom is -0.366 e. The number of aromatic nitrogens is 1. The van der Waals surface area contributed by atoms with E-state index in [2.05, 4.69) is 30.2 Å². The standard InChI is InChI=1S/C15H21N3/c1-11-6-7-12(10-16)14(17-11)18-13-5-4-8-15(2,3)9-13/h6-7,13H,4-5,8-9H2,1-3H3,(H,17,18). The fourth-order valence-electron chi connectivity index (χ4n) is 2.77. The highest BCUT2D eigenvalue weighted by molar-refractivity contribution is 5.52. The molecule has 1 aliphatic carbocycles. The lowest BCUT2D eigenvalue weighted by Crippen LogP contribution is -2.32. The van der Waals surface area contributed by atoms with E-state index in [1.807, 2.05) is 19.1 Å². The number of hydrogen-bond acceptors (Lipinski definition) is 3. The van der Waals surface area contributed by atoms with Crippen LogP contribution in [0.25, 0.3) is 0 Å². The Hall–Kier alpha value is -1.56. The van der Waals surface area contributed by atoms with Gasteiger partial charge in [0.15, 0.2) is 0 Å². The number of nitriles is 1. The summed E-state index contributed by atoms with van der Waals surface area (Å²) in [6.07, 6.45) is 4.85. The van der Waals surface area contributed by atoms with Gasteiger partial charge >= 0.3 is 0 Å². The molecule has 0 aliphatic heterocycles. The fraction of sp³-hybridized carbons (Fsp3) is 0.600. The molecular weight excluding hydrogens is 222 g/mol. The number of hydrogen-bond donors (Lipinski definition) is 1. The summed E-state index contributed by atoms with van der Waals surface area (Å²) in [4.78, 5) is 4.45. The summed E-state index contributed by atoms with van der Waals surface area (Å²) in [7, 11) is 0. The molecule has 0 saturated heterocycles. The first-order valence-electron chi connectivity index (χ1n) is 6.64. The predicted molar refractivity (Wildman–Crippen MR) is 73.3 cm³/mol. The Kier molecular flexibility index (Phi) is 3.56. The number of nitrogens with zero attached hydrogens (tertiary/aromatic N) is 2. The topological polar surface area (TPSA) is 48.7 Å². The van der Waals surface area contributed by atoms with Crippen LogP contribution < -0.4 is 5.32 Å². The summed E-state index contributed by atoms with van der Waals surface area (Å²) in [6.45, 7) is 6.59. The van der Waals surface area contributed by atoms with E-state index in [0.717, 1.165) is 17.9 Å². The van der Waals surface area contributed by atoms with Crippen LogP contribution in [-0.4, -0.2) is 11.0 Å². The highest BCUT2D eigenvalue weighted by atomic mass is 15.0. The third-order valence-corrected chi connectivity index (χ3v) is 3.70. The van der Waals surface area contributed by atoms with Crippen LogP contribution in [-0.2, 0) is 0 Å². The zero-order chi connectivity index (χ0) is 13.2. The molecule has 18 heavy (non-hydrogen) atoms. The average molecular weight is 243 g/mol. The maximum atomic E-state index is 9.11. The lowest BCUT2D eigenvalue weighted by atomic mass is 9.75. The van der Waals surface area contributed by atoms with Gasteiger partial charge in [-0.1, -0.05) is 20.3 Å². The van der Waals surface area contributed by atoms with Gasteiger partial charge in [0.1, 0.15) is 11.9 Å². The van der Waals surface area contributed by atoms with E-state index in [9.17, 15) is 0 Å². The summed E-state index contributed by atoms with van der Waals surface area (Å²) in [5.41, 5.74) is 1.99. The van der Waals surface area contributed by atoms with Crippen molar-refractivity contribution in [3.8, 4) is 6.07 Å². The minimum absolute atomic E-state index is 0.395. The van der Waals surface area contributed by atoms with Gasteiger partial charge in [-0.3, -0.25) is 0 Å². The summed E-state index contributed by atoms with van der Waals surface area (Å²) < 4.78 is 0. The smallest absolute Gasteiger partial charge is 0.144 e. The maximum absolute atomic E-state index is 9.11. The van der Waals surface area contributed by atoms with Gasteiger partial charge in [0.25, 0.3) is 0 Å². The van der Waals surface area contributed by atoms with Crippen molar-refractivity contribution >= 4 is 5.82 Å². The summed E-state index contributed by atoms with van der Waals surface area (Å²) >= 11 is 0. The molecule has 1 aromatic rings. The molecular formula is C15H21N3. The molecule has 0 radical (unpaired) electrons. The highest BCUT2D eigenvalue weighted by Gasteiger charge is 2.28. The first-order chi connectivity index (χ1) is 8.50. The van der Waals surface area contributed by atoms with Gasteiger partial charge in [-0.15, -0.1) is 0 Å². The highest BCUT2D eigenvalue weighted by Crippen LogP contribution is 2.36. The third kappa shape index (κ3) is 3.01. The molecule has 1 aliphatic rings. The van der Waals surface area contributed by atoms with Crippen LogP contribution in [0.1, 0.15) is 50.8 Å². The van der Waals surface area contributed by atoms with E-state index < -0.39 is 0 Å². The van der Waals surface area contributed by atoms with Gasteiger partial charge in [-0.2, -0.15) is 5.26 Å². The Bertz CT molecular complexity index is 471. The number of nitrogens with one attached hydrogen (secondary N) is 1. The Labute approximate surface area is 109 Å². The molecule has 96 valence electrons. The molecule has 1 heterocycles. The molecule has 1 N–H and O–H groups in total. The molecule has 0 aromatic carbocycles. The monoisotopic (exact) mass is 243 g/mol. The molecule has 2 rings (SSSR count). The van der Waals surface area contributed by atoms with Crippen LogP contribution in [0.3, 0.4) is 0 Å². The normalized spacial score (nSPS) is 22.2. The quantitative estimate of drug-likeness (QED) is 0.862. The van der Waals surface area contributed by atoms with E-state index in [1.54, 1.807) is 0 Å². The van der Waals surface area contributed by atoms with Crippen LogP contribution in [0, 0.1) is 23.7 Å². The van der Waals surface area contributed by atoms with Gasteiger partial charge in [0, 0.05) is 11.7 Å². The van der Waals surface area contributed by atoms with Crippen molar-refractivity contribution < 1.29 is 0 Å². The van der Waals surface area contributed by atoms with Gasteiger partial charge in [-0.05, 0) is 43.7 Å². The third-order valence-electron chi connectivity index (χ3n) is 3.70. The van der Waals surface area contributed by atoms with Gasteiger partial charge < -0.3 is 5.32 Å². The van der Waals surface area contributed by atoms with E-state index >= 15 is 0 Å². The molecule has 1 aromatic heterocycles. The zero-order valence-corrected chi connectivity index (χ0v) is 11.5. The van der Waals surface area contributed by atoms with Gasteiger partial charge in [0.2, 0.25) is 0 Å². The molecule has 1 atom stereocenters. The second-order valence-corrected chi connectivity index (χ2v) is 6.06. The fourth-order valence-corrected chi connectivity index (χ4v) is 2.77. The van der Waals surface area contributed by atoms with E-state index in [4.69, 9.17) is 5.26 Å². The van der Waals surface area contributed by atoms with Crippen LogP contribution in [0.4, 0.5) is 5.82 Å². The van der Waals surface area contributed by atoms with Crippen LogP contribution in [0.15, 0.2) is 12.1 Å². The van der Waals surface area contributed by atoms with Crippen molar-refractivity contribution in [1.82, 2.24) is 4.98 Å². The van der Waals surface area contributed by atoms with Crippen molar-refractivity contribution in [2.45, 2.75) is 52.5 Å². The van der Waals surface area contributed by atoms with Crippen molar-refractivity contribution in [3.63, 3.8) is 0 Å². The predicted octanol–water partition coefficient (Wildman–Crippen LogP) is 3.64. The Morgan fingerprint density at radius 1 is 1.44 bits per heavy atom. The molecule has 0 spiro atoms.